The fraction of sp³-hybridized carbons (Fsp3) is 0.818. The third kappa shape index (κ3) is 7.09. The molecule has 0 rings (SSSR count). The molecular weight excluding hydrogens is 208 g/mol. The molecular formula is C11H22N2O3. The normalized spacial score (nSPS) is 11.9. The average Bonchev–Trinajstić information content (AvgIpc) is 2.16. The van der Waals surface area contributed by atoms with Gasteiger partial charge in [0.25, 0.3) is 0 Å². The number of carbonyl (C=O) groups is 2. The van der Waals surface area contributed by atoms with Crippen molar-refractivity contribution in [2.45, 2.75) is 45.6 Å². The molecule has 1 atom stereocenters. The van der Waals surface area contributed by atoms with Gasteiger partial charge in [-0.25, -0.2) is 4.79 Å². The van der Waals surface area contributed by atoms with Gasteiger partial charge in [-0.1, -0.05) is 19.8 Å². The summed E-state index contributed by atoms with van der Waals surface area (Å²) in [6.45, 7) is 4.50. The Morgan fingerprint density at radius 1 is 1.38 bits per heavy atom. The molecule has 5 nitrogen and oxygen atoms in total. The van der Waals surface area contributed by atoms with Crippen LogP contribution in [0.5, 0.6) is 0 Å². The summed E-state index contributed by atoms with van der Waals surface area (Å²) in [6.07, 6.45) is 3.15. The van der Waals surface area contributed by atoms with Crippen LogP contribution < -0.4 is 5.32 Å². The zero-order chi connectivity index (χ0) is 12.6. The van der Waals surface area contributed by atoms with Crippen molar-refractivity contribution in [3.05, 3.63) is 0 Å². The lowest BCUT2D eigenvalue weighted by Gasteiger charge is -2.20. The quantitative estimate of drug-likeness (QED) is 0.654. The smallest absolute Gasteiger partial charge is 0.317 e. The van der Waals surface area contributed by atoms with E-state index in [1.54, 1.807) is 18.9 Å². The van der Waals surface area contributed by atoms with E-state index in [9.17, 15) is 9.59 Å². The van der Waals surface area contributed by atoms with Crippen molar-refractivity contribution in [3.63, 3.8) is 0 Å². The van der Waals surface area contributed by atoms with E-state index in [2.05, 4.69) is 12.2 Å². The number of carbonyl (C=O) groups excluding carboxylic acids is 1. The number of nitrogens with zero attached hydrogens (tertiary/aromatic N) is 1. The topological polar surface area (TPSA) is 69.6 Å². The van der Waals surface area contributed by atoms with Gasteiger partial charge in [0.05, 0.1) is 6.42 Å². The van der Waals surface area contributed by atoms with Crippen LogP contribution in [0.3, 0.4) is 0 Å². The van der Waals surface area contributed by atoms with Crippen molar-refractivity contribution in [1.82, 2.24) is 10.2 Å². The first-order valence-electron chi connectivity index (χ1n) is 5.70. The van der Waals surface area contributed by atoms with Gasteiger partial charge in [0, 0.05) is 19.6 Å². The van der Waals surface area contributed by atoms with Gasteiger partial charge in [-0.15, -0.1) is 0 Å². The van der Waals surface area contributed by atoms with Gasteiger partial charge in [0.15, 0.2) is 0 Å². The first kappa shape index (κ1) is 14.7. The highest BCUT2D eigenvalue weighted by molar-refractivity contribution is 5.75. The van der Waals surface area contributed by atoms with Gasteiger partial charge >= 0.3 is 12.0 Å². The van der Waals surface area contributed by atoms with E-state index in [0.29, 0.717) is 6.54 Å². The van der Waals surface area contributed by atoms with Crippen LogP contribution in [0, 0.1) is 0 Å². The summed E-state index contributed by atoms with van der Waals surface area (Å²) >= 11 is 0. The van der Waals surface area contributed by atoms with Crippen LogP contribution in [0.25, 0.3) is 0 Å². The van der Waals surface area contributed by atoms with Crippen LogP contribution >= 0.6 is 0 Å². The first-order valence-corrected chi connectivity index (χ1v) is 5.70. The molecule has 0 aromatic carbocycles. The number of urea groups is 1. The molecule has 0 saturated heterocycles. The molecule has 0 spiro atoms. The molecule has 0 fully saturated rings. The Bertz CT molecular complexity index is 231. The summed E-state index contributed by atoms with van der Waals surface area (Å²) in [7, 11) is 1.72. The molecule has 0 radical (unpaired) electrons. The molecule has 0 heterocycles. The minimum atomic E-state index is -0.901. The van der Waals surface area contributed by atoms with Crippen LogP contribution in [-0.4, -0.2) is 41.6 Å². The van der Waals surface area contributed by atoms with E-state index >= 15 is 0 Å². The number of carboxylic acid groups (broad SMARTS) is 1. The fourth-order valence-electron chi connectivity index (χ4n) is 1.33. The number of aliphatic carboxylic acids is 1. The highest BCUT2D eigenvalue weighted by atomic mass is 16.4. The zero-order valence-corrected chi connectivity index (χ0v) is 10.3. The molecule has 5 heteroatoms. The molecule has 16 heavy (non-hydrogen) atoms. The van der Waals surface area contributed by atoms with E-state index < -0.39 is 5.97 Å². The molecule has 0 aliphatic carbocycles. The summed E-state index contributed by atoms with van der Waals surface area (Å²) in [6, 6.07) is -0.538. The third-order valence-electron chi connectivity index (χ3n) is 2.29. The Morgan fingerprint density at radius 2 is 2.00 bits per heavy atom. The molecule has 0 bridgehead atoms. The number of carboxylic acids is 1. The molecule has 0 saturated carbocycles. The van der Waals surface area contributed by atoms with Gasteiger partial charge in [0.1, 0.15) is 0 Å². The highest BCUT2D eigenvalue weighted by Crippen LogP contribution is 1.98. The Balaban J connectivity index is 3.81. The van der Waals surface area contributed by atoms with Crippen molar-refractivity contribution in [3.8, 4) is 0 Å². The van der Waals surface area contributed by atoms with E-state index in [0.717, 1.165) is 19.3 Å². The maximum atomic E-state index is 11.6. The lowest BCUT2D eigenvalue weighted by molar-refractivity contribution is -0.137. The number of nitrogens with one attached hydrogen (secondary N) is 1. The summed E-state index contributed by atoms with van der Waals surface area (Å²) in [5, 5.41) is 11.2. The van der Waals surface area contributed by atoms with Gasteiger partial charge in [-0.3, -0.25) is 4.79 Å². The van der Waals surface area contributed by atoms with Gasteiger partial charge in [0.2, 0.25) is 0 Å². The van der Waals surface area contributed by atoms with Crippen LogP contribution in [-0.2, 0) is 4.79 Å². The largest absolute Gasteiger partial charge is 0.481 e. The standard InChI is InChI=1S/C11H22N2O3/c1-4-5-6-7-13(3)11(16)12-9(2)8-10(14)15/h9H,4-8H2,1-3H3,(H,12,16)(H,14,15). The molecule has 0 aliphatic rings. The summed E-state index contributed by atoms with van der Waals surface area (Å²) in [5.41, 5.74) is 0. The maximum absolute atomic E-state index is 11.6. The number of unbranched alkanes of at least 4 members (excludes halogenated alkanes) is 2. The molecule has 94 valence electrons. The number of amides is 2. The lowest BCUT2D eigenvalue weighted by atomic mass is 10.2. The Labute approximate surface area is 96.8 Å². The van der Waals surface area contributed by atoms with Crippen LogP contribution in [0.2, 0.25) is 0 Å². The molecule has 0 aliphatic heterocycles. The molecule has 2 amide bonds. The highest BCUT2D eigenvalue weighted by Gasteiger charge is 2.13. The van der Waals surface area contributed by atoms with Gasteiger partial charge in [-0.05, 0) is 13.3 Å². The molecule has 0 aromatic rings. The lowest BCUT2D eigenvalue weighted by Crippen LogP contribution is -2.43. The number of hydrogen-bond acceptors (Lipinski definition) is 2. The summed E-state index contributed by atoms with van der Waals surface area (Å²) in [5.74, 6) is -0.901. The molecule has 0 aromatic heterocycles. The van der Waals surface area contributed by atoms with E-state index in [-0.39, 0.29) is 18.5 Å². The second-order valence-corrected chi connectivity index (χ2v) is 4.08. The Hall–Kier alpha value is -1.26. The maximum Gasteiger partial charge on any atom is 0.317 e. The van der Waals surface area contributed by atoms with Crippen LogP contribution in [0.15, 0.2) is 0 Å². The Morgan fingerprint density at radius 3 is 2.50 bits per heavy atom. The van der Waals surface area contributed by atoms with Crippen molar-refractivity contribution in [2.24, 2.45) is 0 Å². The van der Waals surface area contributed by atoms with E-state index in [1.807, 2.05) is 0 Å². The predicted octanol–water partition coefficient (Wildman–Crippen LogP) is 1.68. The minimum Gasteiger partial charge on any atom is -0.481 e. The molecule has 1 unspecified atom stereocenters. The van der Waals surface area contributed by atoms with Crippen molar-refractivity contribution in [1.29, 1.82) is 0 Å². The second-order valence-electron chi connectivity index (χ2n) is 4.08. The van der Waals surface area contributed by atoms with Gasteiger partial charge in [-0.2, -0.15) is 0 Å². The van der Waals surface area contributed by atoms with E-state index in [1.165, 1.54) is 0 Å². The van der Waals surface area contributed by atoms with Crippen LogP contribution in [0.4, 0.5) is 4.79 Å². The van der Waals surface area contributed by atoms with Crippen molar-refractivity contribution < 1.29 is 14.7 Å². The summed E-state index contributed by atoms with van der Waals surface area (Å²) < 4.78 is 0. The average molecular weight is 230 g/mol. The molecule has 2 N–H and O–H groups in total. The number of rotatable bonds is 7. The monoisotopic (exact) mass is 230 g/mol. The second kappa shape index (κ2) is 7.96. The predicted molar refractivity (Wildman–Crippen MR) is 62.4 cm³/mol. The third-order valence-corrected chi connectivity index (χ3v) is 2.29. The van der Waals surface area contributed by atoms with Crippen molar-refractivity contribution >= 4 is 12.0 Å². The SMILES string of the molecule is CCCCCN(C)C(=O)NC(C)CC(=O)O. The Kier molecular flexibility index (Phi) is 7.33. The van der Waals surface area contributed by atoms with E-state index in [4.69, 9.17) is 5.11 Å². The zero-order valence-electron chi connectivity index (χ0n) is 10.3. The number of hydrogen-bond donors (Lipinski definition) is 2. The van der Waals surface area contributed by atoms with Crippen LogP contribution in [0.1, 0.15) is 39.5 Å². The van der Waals surface area contributed by atoms with Crippen molar-refractivity contribution in [2.75, 3.05) is 13.6 Å². The first-order chi connectivity index (χ1) is 7.47. The summed E-state index contributed by atoms with van der Waals surface area (Å²) in [4.78, 5) is 23.5. The minimum absolute atomic E-state index is 0.0471. The fourth-order valence-corrected chi connectivity index (χ4v) is 1.33. The van der Waals surface area contributed by atoms with Gasteiger partial charge < -0.3 is 15.3 Å².